The van der Waals surface area contributed by atoms with E-state index in [0.29, 0.717) is 17.4 Å². The molecule has 0 aliphatic heterocycles. The van der Waals surface area contributed by atoms with Gasteiger partial charge in [-0.25, -0.2) is 0 Å². The number of ether oxygens (including phenoxy) is 1. The molecule has 0 aliphatic carbocycles. The van der Waals surface area contributed by atoms with Crippen LogP contribution in [0, 0.1) is 0 Å². The lowest BCUT2D eigenvalue weighted by Crippen LogP contribution is -2.47. The van der Waals surface area contributed by atoms with Gasteiger partial charge in [-0.15, -0.1) is 0 Å². The molecule has 3 unspecified atom stereocenters. The molecule has 0 saturated carbocycles. The van der Waals surface area contributed by atoms with Gasteiger partial charge in [-0.05, 0) is 96.0 Å². The normalized spacial score (nSPS) is 14.1. The van der Waals surface area contributed by atoms with Crippen molar-refractivity contribution in [3.63, 3.8) is 0 Å². The molecule has 0 radical (unpaired) electrons. The molecule has 9 nitrogen and oxygen atoms in total. The van der Waals surface area contributed by atoms with Gasteiger partial charge >= 0.3 is 5.97 Å². The lowest BCUT2D eigenvalue weighted by atomic mass is 10.0. The average molecular weight is 1070 g/mol. The second-order valence-electron chi connectivity index (χ2n) is 22.6. The van der Waals surface area contributed by atoms with E-state index in [-0.39, 0.29) is 24.9 Å². The highest BCUT2D eigenvalue weighted by Gasteiger charge is 2.27. The smallest absolute Gasteiger partial charge is 0.306 e. The molecule has 75 heavy (non-hydrogen) atoms. The van der Waals surface area contributed by atoms with Gasteiger partial charge in [0, 0.05) is 12.8 Å². The number of hydrogen-bond donors (Lipinski definition) is 1. The molecule has 3 atom stereocenters. The van der Waals surface area contributed by atoms with E-state index in [1.165, 1.54) is 173 Å². The molecule has 0 bridgehead atoms. The molecule has 0 aromatic heterocycles. The minimum absolute atomic E-state index is 0.0248. The Morgan fingerprint density at radius 1 is 0.467 bits per heavy atom. The fourth-order valence-electron chi connectivity index (χ4n) is 8.99. The summed E-state index contributed by atoms with van der Waals surface area (Å²) in [7, 11) is 1.18. The molecule has 0 rings (SSSR count). The Balaban J connectivity index is 5.18. The third-order valence-corrected chi connectivity index (χ3v) is 14.9. The van der Waals surface area contributed by atoms with Gasteiger partial charge in [0.25, 0.3) is 7.82 Å². The van der Waals surface area contributed by atoms with Crippen molar-refractivity contribution in [1.82, 2.24) is 5.32 Å². The zero-order chi connectivity index (χ0) is 55.0. The molecule has 0 heterocycles. The van der Waals surface area contributed by atoms with Crippen LogP contribution in [0.5, 0.6) is 0 Å². The number of nitrogens with zero attached hydrogens (tertiary/aromatic N) is 1. The Bertz CT molecular complexity index is 1470. The first-order valence-electron chi connectivity index (χ1n) is 31.6. The molecule has 0 fully saturated rings. The number of allylic oxidation sites excluding steroid dienone is 9. The molecule has 0 aromatic rings. The van der Waals surface area contributed by atoms with Gasteiger partial charge < -0.3 is 28.5 Å². The molecule has 0 saturated heterocycles. The summed E-state index contributed by atoms with van der Waals surface area (Å²) in [5.41, 5.74) is 0. The van der Waals surface area contributed by atoms with Gasteiger partial charge in [0.05, 0.1) is 33.8 Å². The maximum absolute atomic E-state index is 13.5. The monoisotopic (exact) mass is 1070 g/mol. The number of likely N-dealkylation sites (N-methyl/N-ethyl adjacent to an activating group) is 1. The summed E-state index contributed by atoms with van der Waals surface area (Å²) in [4.78, 5) is 40.0. The molecule has 1 amide bonds. The van der Waals surface area contributed by atoms with E-state index >= 15 is 0 Å². The Kier molecular flexibility index (Phi) is 53.4. The van der Waals surface area contributed by atoms with Gasteiger partial charge in [-0.1, -0.05) is 242 Å². The van der Waals surface area contributed by atoms with E-state index in [4.69, 9.17) is 13.8 Å². The van der Waals surface area contributed by atoms with Gasteiger partial charge in [-0.3, -0.25) is 14.2 Å². The van der Waals surface area contributed by atoms with Crippen LogP contribution in [-0.4, -0.2) is 69.4 Å². The third-order valence-electron chi connectivity index (χ3n) is 13.9. The summed E-state index contributed by atoms with van der Waals surface area (Å²) in [6, 6.07) is -0.893. The highest BCUT2D eigenvalue weighted by atomic mass is 31.2. The van der Waals surface area contributed by atoms with Crippen LogP contribution < -0.4 is 10.2 Å². The van der Waals surface area contributed by atoms with E-state index in [9.17, 15) is 19.0 Å². The van der Waals surface area contributed by atoms with E-state index in [1.807, 2.05) is 33.3 Å². The number of phosphoric acid groups is 1. The number of rotatable bonds is 57. The summed E-state index contributed by atoms with van der Waals surface area (Å²) in [6.07, 6.45) is 69.0. The van der Waals surface area contributed by atoms with Gasteiger partial charge in [-0.2, -0.15) is 0 Å². The van der Waals surface area contributed by atoms with Crippen molar-refractivity contribution >= 4 is 19.7 Å². The van der Waals surface area contributed by atoms with Crippen LogP contribution in [0.2, 0.25) is 0 Å². The van der Waals surface area contributed by atoms with Gasteiger partial charge in [0.2, 0.25) is 5.91 Å². The second kappa shape index (κ2) is 55.0. The zero-order valence-electron chi connectivity index (χ0n) is 50.0. The topological polar surface area (TPSA) is 114 Å². The number of carbonyl (C=O) groups is 2. The quantitative estimate of drug-likeness (QED) is 0.0212. The Morgan fingerprint density at radius 2 is 0.813 bits per heavy atom. The molecule has 0 spiro atoms. The number of amides is 1. The van der Waals surface area contributed by atoms with Crippen LogP contribution in [0.25, 0.3) is 0 Å². The van der Waals surface area contributed by atoms with E-state index in [0.717, 1.165) is 83.5 Å². The van der Waals surface area contributed by atoms with Gasteiger partial charge in [0.1, 0.15) is 19.3 Å². The van der Waals surface area contributed by atoms with Crippen LogP contribution in [0.3, 0.4) is 0 Å². The summed E-state index contributed by atoms with van der Waals surface area (Å²) >= 11 is 0. The highest BCUT2D eigenvalue weighted by molar-refractivity contribution is 7.45. The van der Waals surface area contributed by atoms with Crippen LogP contribution in [0.15, 0.2) is 60.8 Å². The molecule has 438 valence electrons. The average Bonchev–Trinajstić information content (AvgIpc) is 3.37. The van der Waals surface area contributed by atoms with Crippen LogP contribution in [-0.2, 0) is 27.9 Å². The molecule has 0 aromatic carbocycles. The standard InChI is InChI=1S/C65H121N2O7P/c1-7-10-13-16-19-22-25-27-29-31-32-33-34-36-37-39-42-45-48-51-54-57-64(68)66-62(61-73-75(70,71)72-60-59-67(4,5)6)63(56-53-50-47-44-41-24-21-18-15-12-9-3)74-65(69)58-55-52-49-46-43-40-38-35-30-28-26-23-20-17-14-11-8-2/h19-20,22-23,27-30,53,56,62-63H,7-18,21,24-26,31-52,54-55,57-61H2,1-6H3,(H-,66,68,70,71)/b22-19-,23-20-,29-27-,30-28-,56-53-. The summed E-state index contributed by atoms with van der Waals surface area (Å²) in [5, 5.41) is 3.03. The largest absolute Gasteiger partial charge is 0.756 e. The number of nitrogens with one attached hydrogen (secondary N) is 1. The van der Waals surface area contributed by atoms with Crippen molar-refractivity contribution in [3.05, 3.63) is 60.8 Å². The van der Waals surface area contributed by atoms with E-state index in [2.05, 4.69) is 74.7 Å². The maximum atomic E-state index is 13.5. The van der Waals surface area contributed by atoms with Crippen LogP contribution in [0.1, 0.15) is 290 Å². The minimum Gasteiger partial charge on any atom is -0.756 e. The number of phosphoric ester groups is 1. The number of quaternary nitrogens is 1. The third kappa shape index (κ3) is 56.2. The first-order chi connectivity index (χ1) is 36.4. The lowest BCUT2D eigenvalue weighted by molar-refractivity contribution is -0.870. The van der Waals surface area contributed by atoms with E-state index < -0.39 is 26.6 Å². The Labute approximate surface area is 464 Å². The maximum Gasteiger partial charge on any atom is 0.306 e. The summed E-state index contributed by atoms with van der Waals surface area (Å²) in [5.74, 6) is -0.547. The van der Waals surface area contributed by atoms with Crippen LogP contribution in [0.4, 0.5) is 0 Å². The van der Waals surface area contributed by atoms with Crippen molar-refractivity contribution in [2.45, 2.75) is 303 Å². The SMILES string of the molecule is CCCCC/C=C\C/C=C\CCCCCCCCCCCCCC(=O)NC(COP(=O)([O-])OCC[N+](C)(C)C)C(/C=C\CCCCCCCCCCC)OC(=O)CCCCCCCCC/C=C\C/C=C\CCCCC. The molecular formula is C65H121N2O7P. The number of carbonyl (C=O) groups excluding carboxylic acids is 2. The minimum atomic E-state index is -4.70. The molecule has 1 N–H and O–H groups in total. The zero-order valence-corrected chi connectivity index (χ0v) is 50.9. The predicted octanol–water partition coefficient (Wildman–Crippen LogP) is 18.8. The van der Waals surface area contributed by atoms with Crippen molar-refractivity contribution in [2.75, 3.05) is 40.9 Å². The molecular weight excluding hydrogens is 952 g/mol. The van der Waals surface area contributed by atoms with Crippen molar-refractivity contribution in [3.8, 4) is 0 Å². The fraction of sp³-hybridized carbons (Fsp3) is 0.815. The highest BCUT2D eigenvalue weighted by Crippen LogP contribution is 2.38. The Hall–Kier alpha value is -2.29. The van der Waals surface area contributed by atoms with Crippen molar-refractivity contribution < 1.29 is 37.3 Å². The van der Waals surface area contributed by atoms with Crippen LogP contribution >= 0.6 is 7.82 Å². The lowest BCUT2D eigenvalue weighted by Gasteiger charge is -2.30. The predicted molar refractivity (Wildman–Crippen MR) is 321 cm³/mol. The summed E-state index contributed by atoms with van der Waals surface area (Å²) < 4.78 is 30.3. The molecule has 0 aliphatic rings. The van der Waals surface area contributed by atoms with Gasteiger partial charge in [0.15, 0.2) is 0 Å². The first-order valence-corrected chi connectivity index (χ1v) is 33.1. The summed E-state index contributed by atoms with van der Waals surface area (Å²) in [6.45, 7) is 6.80. The number of esters is 1. The van der Waals surface area contributed by atoms with E-state index in [1.54, 1.807) is 0 Å². The van der Waals surface area contributed by atoms with Crippen molar-refractivity contribution in [1.29, 1.82) is 0 Å². The van der Waals surface area contributed by atoms with Crippen molar-refractivity contribution in [2.24, 2.45) is 0 Å². The Morgan fingerprint density at radius 3 is 1.23 bits per heavy atom. The number of hydrogen-bond acceptors (Lipinski definition) is 7. The second-order valence-corrected chi connectivity index (χ2v) is 24.0. The number of unbranched alkanes of at least 4 members (excludes halogenated alkanes) is 33. The fourth-order valence-corrected chi connectivity index (χ4v) is 9.72. The molecule has 10 heteroatoms. The first kappa shape index (κ1) is 72.7.